The Labute approximate surface area is 116 Å². The van der Waals surface area contributed by atoms with Crippen LogP contribution in [0.3, 0.4) is 0 Å². The zero-order valence-corrected chi connectivity index (χ0v) is 12.6. The fourth-order valence-corrected chi connectivity index (χ4v) is 1.61. The zero-order chi connectivity index (χ0) is 14.7. The minimum Gasteiger partial charge on any atom is -0.466 e. The second-order valence-corrected chi connectivity index (χ2v) is 5.17. The van der Waals surface area contributed by atoms with Crippen LogP contribution in [0.5, 0.6) is 0 Å². The molecule has 0 aliphatic rings. The van der Waals surface area contributed by atoms with Gasteiger partial charge < -0.3 is 15.4 Å². The van der Waals surface area contributed by atoms with Crippen molar-refractivity contribution in [2.75, 3.05) is 19.7 Å². The lowest BCUT2D eigenvalue weighted by Crippen LogP contribution is -2.39. The zero-order valence-electron chi connectivity index (χ0n) is 12.6. The number of rotatable bonds is 10. The van der Waals surface area contributed by atoms with Crippen molar-refractivity contribution in [1.29, 1.82) is 0 Å². The molecule has 1 atom stereocenters. The Morgan fingerprint density at radius 3 is 2.42 bits per heavy atom. The normalized spacial score (nSPS) is 12.3. The number of amides is 1. The van der Waals surface area contributed by atoms with E-state index in [1.165, 1.54) is 0 Å². The minimum absolute atomic E-state index is 0.0277. The van der Waals surface area contributed by atoms with E-state index in [4.69, 9.17) is 4.74 Å². The first kappa shape index (κ1) is 17.9. The molecule has 0 saturated heterocycles. The first-order chi connectivity index (χ1) is 8.95. The van der Waals surface area contributed by atoms with E-state index in [0.717, 1.165) is 12.8 Å². The number of hydrogen-bond acceptors (Lipinski definition) is 4. The average Bonchev–Trinajstić information content (AvgIpc) is 2.32. The van der Waals surface area contributed by atoms with Gasteiger partial charge in [-0.15, -0.1) is 0 Å². The van der Waals surface area contributed by atoms with Crippen molar-refractivity contribution in [3.8, 4) is 0 Å². The lowest BCUT2D eigenvalue weighted by molar-refractivity contribution is -0.143. The van der Waals surface area contributed by atoms with Gasteiger partial charge in [0.1, 0.15) is 0 Å². The molecule has 1 amide bonds. The number of ether oxygens (including phenoxy) is 1. The van der Waals surface area contributed by atoms with Crippen molar-refractivity contribution in [2.45, 2.75) is 53.0 Å². The van der Waals surface area contributed by atoms with Crippen molar-refractivity contribution in [3.63, 3.8) is 0 Å². The lowest BCUT2D eigenvalue weighted by Gasteiger charge is -2.15. The summed E-state index contributed by atoms with van der Waals surface area (Å²) in [5.41, 5.74) is 0. The minimum atomic E-state index is -0.235. The van der Waals surface area contributed by atoms with Crippen molar-refractivity contribution in [3.05, 3.63) is 0 Å². The molecule has 0 aromatic rings. The van der Waals surface area contributed by atoms with E-state index in [9.17, 15) is 9.59 Å². The highest BCUT2D eigenvalue weighted by Gasteiger charge is 2.08. The Morgan fingerprint density at radius 2 is 1.84 bits per heavy atom. The predicted octanol–water partition coefficient (Wildman–Crippen LogP) is 1.47. The fraction of sp³-hybridized carbons (Fsp3) is 0.857. The molecular weight excluding hydrogens is 244 g/mol. The van der Waals surface area contributed by atoms with E-state index >= 15 is 0 Å². The number of hydrogen-bond donors (Lipinski definition) is 2. The molecule has 112 valence electrons. The van der Waals surface area contributed by atoms with Crippen LogP contribution in [0, 0.1) is 5.92 Å². The van der Waals surface area contributed by atoms with E-state index in [2.05, 4.69) is 24.5 Å². The molecule has 5 nitrogen and oxygen atoms in total. The van der Waals surface area contributed by atoms with Gasteiger partial charge in [0, 0.05) is 12.6 Å². The van der Waals surface area contributed by atoms with E-state index in [0.29, 0.717) is 25.5 Å². The molecule has 5 heteroatoms. The Hall–Kier alpha value is -1.10. The molecule has 0 saturated carbocycles. The van der Waals surface area contributed by atoms with E-state index in [-0.39, 0.29) is 24.5 Å². The van der Waals surface area contributed by atoms with Gasteiger partial charge in [0.2, 0.25) is 5.91 Å². The summed E-state index contributed by atoms with van der Waals surface area (Å²) in [5, 5.41) is 5.86. The van der Waals surface area contributed by atoms with Crippen molar-refractivity contribution < 1.29 is 14.3 Å². The number of carbonyl (C=O) groups excluding carboxylic acids is 2. The molecule has 0 aliphatic carbocycles. The van der Waals surface area contributed by atoms with Gasteiger partial charge >= 0.3 is 5.97 Å². The molecule has 0 radical (unpaired) electrons. The summed E-state index contributed by atoms with van der Waals surface area (Å²) in [6.45, 7) is 9.23. The van der Waals surface area contributed by atoms with E-state index in [1.54, 1.807) is 6.92 Å². The Bertz CT molecular complexity index is 267. The summed E-state index contributed by atoms with van der Waals surface area (Å²) in [6.07, 6.45) is 2.40. The number of esters is 1. The molecule has 0 aromatic heterocycles. The van der Waals surface area contributed by atoms with Crippen LogP contribution in [0.4, 0.5) is 0 Å². The third kappa shape index (κ3) is 11.7. The van der Waals surface area contributed by atoms with Gasteiger partial charge in [0.15, 0.2) is 0 Å². The van der Waals surface area contributed by atoms with Gasteiger partial charge in [-0.25, -0.2) is 0 Å². The highest BCUT2D eigenvalue weighted by molar-refractivity contribution is 5.78. The van der Waals surface area contributed by atoms with E-state index in [1.807, 2.05) is 6.92 Å². The van der Waals surface area contributed by atoms with Gasteiger partial charge in [-0.05, 0) is 32.6 Å². The van der Waals surface area contributed by atoms with Crippen molar-refractivity contribution in [1.82, 2.24) is 10.6 Å². The second kappa shape index (κ2) is 10.8. The maximum atomic E-state index is 11.6. The van der Waals surface area contributed by atoms with Crippen molar-refractivity contribution >= 4 is 11.9 Å². The third-order valence-electron chi connectivity index (χ3n) is 2.68. The summed E-state index contributed by atoms with van der Waals surface area (Å²) in [4.78, 5) is 22.6. The first-order valence-corrected chi connectivity index (χ1v) is 7.11. The Balaban J connectivity index is 3.56. The molecule has 0 heterocycles. The lowest BCUT2D eigenvalue weighted by atomic mass is 10.0. The summed E-state index contributed by atoms with van der Waals surface area (Å²) in [6, 6.07) is 0.196. The second-order valence-electron chi connectivity index (χ2n) is 5.17. The summed E-state index contributed by atoms with van der Waals surface area (Å²) in [7, 11) is 0. The molecule has 1 unspecified atom stereocenters. The van der Waals surface area contributed by atoms with Crippen LogP contribution in [0.15, 0.2) is 0 Å². The molecular formula is C14H28N2O3. The van der Waals surface area contributed by atoms with Crippen LogP contribution >= 0.6 is 0 Å². The Kier molecular flexibility index (Phi) is 10.2. The van der Waals surface area contributed by atoms with Crippen LogP contribution in [0.2, 0.25) is 0 Å². The molecule has 2 N–H and O–H groups in total. The molecule has 0 rings (SSSR count). The Morgan fingerprint density at radius 1 is 1.16 bits per heavy atom. The largest absolute Gasteiger partial charge is 0.466 e. The molecule has 0 bridgehead atoms. The van der Waals surface area contributed by atoms with Gasteiger partial charge in [0.05, 0.1) is 19.6 Å². The van der Waals surface area contributed by atoms with Crippen LogP contribution in [-0.4, -0.2) is 37.6 Å². The van der Waals surface area contributed by atoms with Gasteiger partial charge in [-0.1, -0.05) is 13.8 Å². The average molecular weight is 272 g/mol. The molecule has 0 spiro atoms. The molecule has 0 fully saturated rings. The molecule has 0 aliphatic heterocycles. The van der Waals surface area contributed by atoms with Crippen LogP contribution in [0.25, 0.3) is 0 Å². The highest BCUT2D eigenvalue weighted by Crippen LogP contribution is 2.05. The van der Waals surface area contributed by atoms with Gasteiger partial charge in [-0.3, -0.25) is 9.59 Å². The highest BCUT2D eigenvalue weighted by atomic mass is 16.5. The van der Waals surface area contributed by atoms with Gasteiger partial charge in [-0.2, -0.15) is 0 Å². The summed E-state index contributed by atoms with van der Waals surface area (Å²) >= 11 is 0. The smallest absolute Gasteiger partial charge is 0.307 e. The van der Waals surface area contributed by atoms with Gasteiger partial charge in [0.25, 0.3) is 0 Å². The molecule has 0 aromatic carbocycles. The SMILES string of the molecule is CCOC(=O)CCNCC(=O)NC(C)CCC(C)C. The van der Waals surface area contributed by atoms with Crippen LogP contribution in [-0.2, 0) is 14.3 Å². The summed E-state index contributed by atoms with van der Waals surface area (Å²) < 4.78 is 4.79. The number of carbonyl (C=O) groups is 2. The monoisotopic (exact) mass is 272 g/mol. The maximum Gasteiger partial charge on any atom is 0.307 e. The van der Waals surface area contributed by atoms with Crippen LogP contribution in [0.1, 0.15) is 47.0 Å². The topological polar surface area (TPSA) is 67.4 Å². The summed E-state index contributed by atoms with van der Waals surface area (Å²) in [5.74, 6) is 0.392. The standard InChI is InChI=1S/C14H28N2O3/c1-5-19-14(18)8-9-15-10-13(17)16-12(4)7-6-11(2)3/h11-12,15H,5-10H2,1-4H3,(H,16,17). The third-order valence-corrected chi connectivity index (χ3v) is 2.68. The fourth-order valence-electron chi connectivity index (χ4n) is 1.61. The van der Waals surface area contributed by atoms with E-state index < -0.39 is 0 Å². The molecule has 19 heavy (non-hydrogen) atoms. The number of nitrogens with one attached hydrogen (secondary N) is 2. The van der Waals surface area contributed by atoms with Crippen LogP contribution < -0.4 is 10.6 Å². The maximum absolute atomic E-state index is 11.6. The first-order valence-electron chi connectivity index (χ1n) is 7.11. The predicted molar refractivity (Wildman–Crippen MR) is 75.8 cm³/mol. The quantitative estimate of drug-likeness (QED) is 0.467. The van der Waals surface area contributed by atoms with Crippen molar-refractivity contribution in [2.24, 2.45) is 5.92 Å².